The van der Waals surface area contributed by atoms with E-state index in [9.17, 15) is 9.90 Å². The van der Waals surface area contributed by atoms with E-state index in [1.54, 1.807) is 43.6 Å². The predicted octanol–water partition coefficient (Wildman–Crippen LogP) is 2.32. The fourth-order valence-corrected chi connectivity index (χ4v) is 1.86. The highest BCUT2D eigenvalue weighted by molar-refractivity contribution is 5.93. The Balaban J connectivity index is 2.07. The van der Waals surface area contributed by atoms with Gasteiger partial charge in [-0.05, 0) is 30.7 Å². The van der Waals surface area contributed by atoms with Crippen molar-refractivity contribution in [3.05, 3.63) is 59.9 Å². The van der Waals surface area contributed by atoms with Crippen LogP contribution in [0.25, 0.3) is 0 Å². The molecule has 0 saturated heterocycles. The summed E-state index contributed by atoms with van der Waals surface area (Å²) in [7, 11) is 0. The largest absolute Gasteiger partial charge is 0.389 e. The van der Waals surface area contributed by atoms with Gasteiger partial charge in [-0.15, -0.1) is 0 Å². The molecule has 0 radical (unpaired) electrons. The summed E-state index contributed by atoms with van der Waals surface area (Å²) < 4.78 is 0. The molecule has 0 aliphatic rings. The SMILES string of the molecule is CC(O)c1ccccc1NC(=O)Cc1ccncc1. The molecule has 0 spiro atoms. The highest BCUT2D eigenvalue weighted by Crippen LogP contribution is 2.22. The second-order valence-corrected chi connectivity index (χ2v) is 4.34. The molecule has 0 saturated carbocycles. The van der Waals surface area contributed by atoms with Gasteiger partial charge in [0, 0.05) is 23.6 Å². The molecule has 2 rings (SSSR count). The van der Waals surface area contributed by atoms with E-state index < -0.39 is 6.10 Å². The van der Waals surface area contributed by atoms with Gasteiger partial charge in [0.05, 0.1) is 12.5 Å². The highest BCUT2D eigenvalue weighted by Gasteiger charge is 2.10. The van der Waals surface area contributed by atoms with E-state index in [1.807, 2.05) is 12.1 Å². The van der Waals surface area contributed by atoms with E-state index in [1.165, 1.54) is 0 Å². The maximum atomic E-state index is 11.9. The first-order valence-corrected chi connectivity index (χ1v) is 6.12. The van der Waals surface area contributed by atoms with Crippen molar-refractivity contribution in [2.45, 2.75) is 19.4 Å². The molecule has 4 nitrogen and oxygen atoms in total. The summed E-state index contributed by atoms with van der Waals surface area (Å²) in [5, 5.41) is 12.5. The number of aromatic nitrogens is 1. The number of rotatable bonds is 4. The molecule has 19 heavy (non-hydrogen) atoms. The van der Waals surface area contributed by atoms with Crippen LogP contribution in [0.2, 0.25) is 0 Å². The van der Waals surface area contributed by atoms with E-state index in [0.29, 0.717) is 11.3 Å². The van der Waals surface area contributed by atoms with Gasteiger partial charge in [-0.3, -0.25) is 9.78 Å². The third-order valence-corrected chi connectivity index (χ3v) is 2.80. The molecule has 1 aromatic carbocycles. The van der Waals surface area contributed by atoms with Crippen LogP contribution < -0.4 is 5.32 Å². The molecule has 2 N–H and O–H groups in total. The van der Waals surface area contributed by atoms with Crippen LogP contribution in [-0.2, 0) is 11.2 Å². The van der Waals surface area contributed by atoms with Crippen LogP contribution in [0.15, 0.2) is 48.8 Å². The molecule has 1 unspecified atom stereocenters. The van der Waals surface area contributed by atoms with Crippen LogP contribution in [-0.4, -0.2) is 16.0 Å². The van der Waals surface area contributed by atoms with Crippen LogP contribution in [0, 0.1) is 0 Å². The molecular weight excluding hydrogens is 240 g/mol. The number of aliphatic hydroxyl groups is 1. The van der Waals surface area contributed by atoms with Gasteiger partial charge in [0.2, 0.25) is 5.91 Å². The second kappa shape index (κ2) is 6.11. The third kappa shape index (κ3) is 3.63. The number of pyridine rings is 1. The minimum Gasteiger partial charge on any atom is -0.389 e. The smallest absolute Gasteiger partial charge is 0.228 e. The van der Waals surface area contributed by atoms with Gasteiger partial charge in [-0.1, -0.05) is 18.2 Å². The van der Waals surface area contributed by atoms with E-state index in [2.05, 4.69) is 10.3 Å². The van der Waals surface area contributed by atoms with Crippen molar-refractivity contribution in [2.24, 2.45) is 0 Å². The van der Waals surface area contributed by atoms with Gasteiger partial charge in [0.25, 0.3) is 0 Å². The van der Waals surface area contributed by atoms with E-state index in [-0.39, 0.29) is 12.3 Å². The minimum atomic E-state index is -0.613. The van der Waals surface area contributed by atoms with E-state index in [4.69, 9.17) is 0 Å². The van der Waals surface area contributed by atoms with Gasteiger partial charge in [0.15, 0.2) is 0 Å². The Morgan fingerprint density at radius 3 is 2.63 bits per heavy atom. The standard InChI is InChI=1S/C15H16N2O2/c1-11(18)13-4-2-3-5-14(13)17-15(19)10-12-6-8-16-9-7-12/h2-9,11,18H,10H2,1H3,(H,17,19). The van der Waals surface area contributed by atoms with Crippen LogP contribution in [0.5, 0.6) is 0 Å². The molecule has 1 amide bonds. The zero-order chi connectivity index (χ0) is 13.7. The number of carbonyl (C=O) groups excluding carboxylic acids is 1. The number of hydrogen-bond donors (Lipinski definition) is 2. The van der Waals surface area contributed by atoms with Crippen molar-refractivity contribution >= 4 is 11.6 Å². The topological polar surface area (TPSA) is 62.2 Å². The average Bonchev–Trinajstić information content (AvgIpc) is 2.40. The van der Waals surface area contributed by atoms with E-state index >= 15 is 0 Å². The molecule has 1 heterocycles. The summed E-state index contributed by atoms with van der Waals surface area (Å²) in [5.74, 6) is -0.112. The Kier molecular flexibility index (Phi) is 4.26. The molecule has 1 aromatic heterocycles. The van der Waals surface area contributed by atoms with Crippen molar-refractivity contribution in [1.29, 1.82) is 0 Å². The number of anilines is 1. The maximum absolute atomic E-state index is 11.9. The van der Waals surface area contributed by atoms with Crippen molar-refractivity contribution in [1.82, 2.24) is 4.98 Å². The Hall–Kier alpha value is -2.20. The van der Waals surface area contributed by atoms with Crippen LogP contribution >= 0.6 is 0 Å². The molecule has 0 aliphatic heterocycles. The summed E-state index contributed by atoms with van der Waals surface area (Å²) in [5.41, 5.74) is 2.27. The first-order valence-electron chi connectivity index (χ1n) is 6.12. The molecule has 4 heteroatoms. The molecule has 2 aromatic rings. The lowest BCUT2D eigenvalue weighted by Crippen LogP contribution is -2.16. The number of carbonyl (C=O) groups is 1. The summed E-state index contributed by atoms with van der Waals surface area (Å²) in [6.45, 7) is 1.67. The Bertz CT molecular complexity index is 553. The van der Waals surface area contributed by atoms with Crippen LogP contribution in [0.3, 0.4) is 0 Å². The quantitative estimate of drug-likeness (QED) is 0.882. The van der Waals surface area contributed by atoms with Crippen molar-refractivity contribution < 1.29 is 9.90 Å². The lowest BCUT2D eigenvalue weighted by Gasteiger charge is -2.12. The van der Waals surface area contributed by atoms with Gasteiger partial charge in [-0.25, -0.2) is 0 Å². The average molecular weight is 256 g/mol. The number of para-hydroxylation sites is 1. The maximum Gasteiger partial charge on any atom is 0.228 e. The van der Waals surface area contributed by atoms with Gasteiger partial charge >= 0.3 is 0 Å². The number of nitrogens with one attached hydrogen (secondary N) is 1. The number of amides is 1. The fraction of sp³-hybridized carbons (Fsp3) is 0.200. The Morgan fingerprint density at radius 2 is 1.95 bits per heavy atom. The predicted molar refractivity (Wildman–Crippen MR) is 73.6 cm³/mol. The van der Waals surface area contributed by atoms with Crippen molar-refractivity contribution in [3.63, 3.8) is 0 Å². The summed E-state index contributed by atoms with van der Waals surface area (Å²) in [4.78, 5) is 15.9. The lowest BCUT2D eigenvalue weighted by atomic mass is 10.1. The van der Waals surface area contributed by atoms with Gasteiger partial charge < -0.3 is 10.4 Å². The summed E-state index contributed by atoms with van der Waals surface area (Å²) in [6.07, 6.45) is 2.99. The van der Waals surface area contributed by atoms with Gasteiger partial charge in [-0.2, -0.15) is 0 Å². The van der Waals surface area contributed by atoms with E-state index in [0.717, 1.165) is 5.56 Å². The molecule has 0 aliphatic carbocycles. The minimum absolute atomic E-state index is 0.112. The van der Waals surface area contributed by atoms with Crippen LogP contribution in [0.1, 0.15) is 24.2 Å². The summed E-state index contributed by atoms with van der Waals surface area (Å²) in [6, 6.07) is 10.9. The zero-order valence-corrected chi connectivity index (χ0v) is 10.7. The molecular formula is C15H16N2O2. The monoisotopic (exact) mass is 256 g/mol. The van der Waals surface area contributed by atoms with Crippen molar-refractivity contribution in [2.75, 3.05) is 5.32 Å². The first-order chi connectivity index (χ1) is 9.16. The summed E-state index contributed by atoms with van der Waals surface area (Å²) >= 11 is 0. The highest BCUT2D eigenvalue weighted by atomic mass is 16.3. The van der Waals surface area contributed by atoms with Crippen LogP contribution in [0.4, 0.5) is 5.69 Å². The Morgan fingerprint density at radius 1 is 1.26 bits per heavy atom. The third-order valence-electron chi connectivity index (χ3n) is 2.80. The van der Waals surface area contributed by atoms with Crippen molar-refractivity contribution in [3.8, 4) is 0 Å². The zero-order valence-electron chi connectivity index (χ0n) is 10.7. The number of hydrogen-bond acceptors (Lipinski definition) is 3. The second-order valence-electron chi connectivity index (χ2n) is 4.34. The fourth-order valence-electron chi connectivity index (χ4n) is 1.86. The normalized spacial score (nSPS) is 11.9. The number of benzene rings is 1. The Labute approximate surface area is 112 Å². The number of nitrogens with zero attached hydrogens (tertiary/aromatic N) is 1. The number of aliphatic hydroxyl groups excluding tert-OH is 1. The van der Waals surface area contributed by atoms with Gasteiger partial charge in [0.1, 0.15) is 0 Å². The molecule has 1 atom stereocenters. The molecule has 98 valence electrons. The molecule has 0 bridgehead atoms. The lowest BCUT2D eigenvalue weighted by molar-refractivity contribution is -0.115. The first kappa shape index (κ1) is 13.2. The molecule has 0 fully saturated rings.